The highest BCUT2D eigenvalue weighted by Crippen LogP contribution is 2.34. The lowest BCUT2D eigenvalue weighted by atomic mass is 9.88. The maximum absolute atomic E-state index is 13.3. The summed E-state index contributed by atoms with van der Waals surface area (Å²) < 4.78 is 13.3. The maximum atomic E-state index is 13.3. The fourth-order valence-electron chi connectivity index (χ4n) is 3.27. The molecule has 2 heterocycles. The van der Waals surface area contributed by atoms with Gasteiger partial charge in [-0.05, 0) is 35.1 Å². The van der Waals surface area contributed by atoms with Crippen LogP contribution in [0, 0.1) is 17.7 Å². The first-order chi connectivity index (χ1) is 12.5. The average molecular weight is 374 g/mol. The molecule has 0 bridgehead atoms. The number of nitrogens with zero attached hydrogens (tertiary/aromatic N) is 1. The Morgan fingerprint density at radius 1 is 1.23 bits per heavy atom. The first-order valence-corrected chi connectivity index (χ1v) is 9.69. The third-order valence-electron chi connectivity index (χ3n) is 4.66. The summed E-state index contributed by atoms with van der Waals surface area (Å²) in [6.07, 6.45) is 0. The van der Waals surface area contributed by atoms with Crippen LogP contribution >= 0.6 is 11.3 Å². The van der Waals surface area contributed by atoms with Crippen LogP contribution < -0.4 is 5.32 Å². The Labute approximate surface area is 157 Å². The van der Waals surface area contributed by atoms with Crippen LogP contribution in [0.15, 0.2) is 41.8 Å². The standard InChI is InChI=1S/C20H23FN2O2S/c1-13(2)10-22-19(24)17-12-23(20(25)18-4-3-9-26-18)11-16(17)14-5-7-15(21)8-6-14/h3-9,13,16-17H,10-12H2,1-2H3,(H,22,24). The largest absolute Gasteiger partial charge is 0.356 e. The van der Waals surface area contributed by atoms with Crippen LogP contribution in [0.2, 0.25) is 0 Å². The first-order valence-electron chi connectivity index (χ1n) is 8.81. The van der Waals surface area contributed by atoms with Crippen LogP contribution in [0.4, 0.5) is 4.39 Å². The topological polar surface area (TPSA) is 49.4 Å². The lowest BCUT2D eigenvalue weighted by molar-refractivity contribution is -0.125. The molecule has 0 spiro atoms. The third kappa shape index (κ3) is 4.12. The number of halogens is 1. The molecule has 2 amide bonds. The van der Waals surface area contributed by atoms with Gasteiger partial charge in [-0.3, -0.25) is 9.59 Å². The average Bonchev–Trinajstić information content (AvgIpc) is 3.29. The van der Waals surface area contributed by atoms with Gasteiger partial charge in [-0.25, -0.2) is 4.39 Å². The van der Waals surface area contributed by atoms with Gasteiger partial charge >= 0.3 is 0 Å². The molecule has 0 radical (unpaired) electrons. The van der Waals surface area contributed by atoms with E-state index in [1.165, 1.54) is 23.5 Å². The van der Waals surface area contributed by atoms with Gasteiger partial charge in [-0.2, -0.15) is 0 Å². The Hall–Kier alpha value is -2.21. The van der Waals surface area contributed by atoms with Crippen molar-refractivity contribution in [3.63, 3.8) is 0 Å². The Morgan fingerprint density at radius 3 is 2.58 bits per heavy atom. The molecule has 1 N–H and O–H groups in total. The van der Waals surface area contributed by atoms with Gasteiger partial charge in [0.05, 0.1) is 10.8 Å². The molecule has 3 rings (SSSR count). The van der Waals surface area contributed by atoms with Crippen molar-refractivity contribution in [3.8, 4) is 0 Å². The number of carbonyl (C=O) groups excluding carboxylic acids is 2. The Morgan fingerprint density at radius 2 is 1.96 bits per heavy atom. The zero-order valence-corrected chi connectivity index (χ0v) is 15.8. The predicted molar refractivity (Wildman–Crippen MR) is 101 cm³/mol. The number of carbonyl (C=O) groups is 2. The van der Waals surface area contributed by atoms with E-state index < -0.39 is 0 Å². The number of likely N-dealkylation sites (tertiary alicyclic amines) is 1. The quantitative estimate of drug-likeness (QED) is 0.871. The number of benzene rings is 1. The lowest BCUT2D eigenvalue weighted by Gasteiger charge is -2.18. The van der Waals surface area contributed by atoms with Gasteiger partial charge in [0, 0.05) is 25.6 Å². The lowest BCUT2D eigenvalue weighted by Crippen LogP contribution is -2.37. The van der Waals surface area contributed by atoms with E-state index in [1.54, 1.807) is 23.1 Å². The van der Waals surface area contributed by atoms with Crippen molar-refractivity contribution < 1.29 is 14.0 Å². The van der Waals surface area contributed by atoms with Gasteiger partial charge < -0.3 is 10.2 Å². The Bertz CT molecular complexity index is 759. The van der Waals surface area contributed by atoms with Crippen molar-refractivity contribution in [1.29, 1.82) is 0 Å². The number of rotatable bonds is 5. The molecular formula is C20H23FN2O2S. The number of thiophene rings is 1. The van der Waals surface area contributed by atoms with Gasteiger partial charge in [0.2, 0.25) is 5.91 Å². The van der Waals surface area contributed by atoms with Crippen LogP contribution in [0.3, 0.4) is 0 Å². The Kier molecular flexibility index (Phi) is 5.71. The summed E-state index contributed by atoms with van der Waals surface area (Å²) >= 11 is 1.40. The molecule has 2 atom stereocenters. The van der Waals surface area contributed by atoms with Gasteiger partial charge in [0.15, 0.2) is 0 Å². The van der Waals surface area contributed by atoms with Gasteiger partial charge in [0.1, 0.15) is 5.82 Å². The number of nitrogens with one attached hydrogen (secondary N) is 1. The summed E-state index contributed by atoms with van der Waals surface area (Å²) in [4.78, 5) is 27.9. The fourth-order valence-corrected chi connectivity index (χ4v) is 3.97. The molecular weight excluding hydrogens is 351 g/mol. The van der Waals surface area contributed by atoms with Crippen LogP contribution in [0.5, 0.6) is 0 Å². The summed E-state index contributed by atoms with van der Waals surface area (Å²) in [6.45, 7) is 5.52. The molecule has 1 fully saturated rings. The number of amides is 2. The summed E-state index contributed by atoms with van der Waals surface area (Å²) in [7, 11) is 0. The number of hydrogen-bond acceptors (Lipinski definition) is 3. The van der Waals surface area contributed by atoms with Crippen LogP contribution in [0.1, 0.15) is 35.0 Å². The van der Waals surface area contributed by atoms with Crippen molar-refractivity contribution >= 4 is 23.2 Å². The molecule has 4 nitrogen and oxygen atoms in total. The minimum Gasteiger partial charge on any atom is -0.356 e. The van der Waals surface area contributed by atoms with E-state index in [0.717, 1.165) is 5.56 Å². The van der Waals surface area contributed by atoms with Crippen molar-refractivity contribution in [1.82, 2.24) is 10.2 Å². The second kappa shape index (κ2) is 7.99. The highest BCUT2D eigenvalue weighted by molar-refractivity contribution is 7.12. The van der Waals surface area contributed by atoms with E-state index in [1.807, 2.05) is 25.3 Å². The van der Waals surface area contributed by atoms with E-state index in [2.05, 4.69) is 5.32 Å². The summed E-state index contributed by atoms with van der Waals surface area (Å²) in [5.41, 5.74) is 0.887. The van der Waals surface area contributed by atoms with Crippen molar-refractivity contribution in [2.45, 2.75) is 19.8 Å². The molecule has 138 valence electrons. The molecule has 0 saturated carbocycles. The van der Waals surface area contributed by atoms with E-state index in [-0.39, 0.29) is 29.5 Å². The summed E-state index contributed by atoms with van der Waals surface area (Å²) in [6, 6.07) is 9.87. The summed E-state index contributed by atoms with van der Waals surface area (Å²) in [5.74, 6) is -0.511. The second-order valence-corrected chi connectivity index (χ2v) is 8.04. The van der Waals surface area contributed by atoms with Crippen LogP contribution in [0.25, 0.3) is 0 Å². The molecule has 1 aromatic heterocycles. The normalized spacial score (nSPS) is 19.8. The van der Waals surface area contributed by atoms with E-state index in [9.17, 15) is 14.0 Å². The predicted octanol–water partition coefficient (Wildman–Crippen LogP) is 3.52. The smallest absolute Gasteiger partial charge is 0.263 e. The minimum absolute atomic E-state index is 0.0468. The van der Waals surface area contributed by atoms with Gasteiger partial charge in [-0.1, -0.05) is 32.0 Å². The van der Waals surface area contributed by atoms with Crippen molar-refractivity contribution in [2.75, 3.05) is 19.6 Å². The molecule has 1 aliphatic heterocycles. The molecule has 2 aromatic rings. The van der Waals surface area contributed by atoms with Gasteiger partial charge in [0.25, 0.3) is 5.91 Å². The van der Waals surface area contributed by atoms with E-state index >= 15 is 0 Å². The van der Waals surface area contributed by atoms with Crippen molar-refractivity contribution in [2.24, 2.45) is 11.8 Å². The molecule has 6 heteroatoms. The molecule has 1 saturated heterocycles. The zero-order valence-electron chi connectivity index (χ0n) is 14.9. The fraction of sp³-hybridized carbons (Fsp3) is 0.400. The van der Waals surface area contributed by atoms with Crippen LogP contribution in [-0.4, -0.2) is 36.3 Å². The van der Waals surface area contributed by atoms with Gasteiger partial charge in [-0.15, -0.1) is 11.3 Å². The molecule has 1 aromatic carbocycles. The Balaban J connectivity index is 1.81. The first kappa shape index (κ1) is 18.6. The maximum Gasteiger partial charge on any atom is 0.263 e. The van der Waals surface area contributed by atoms with E-state index in [4.69, 9.17) is 0 Å². The van der Waals surface area contributed by atoms with Crippen molar-refractivity contribution in [3.05, 3.63) is 58.0 Å². The monoisotopic (exact) mass is 374 g/mol. The highest BCUT2D eigenvalue weighted by atomic mass is 32.1. The summed E-state index contributed by atoms with van der Waals surface area (Å²) in [5, 5.41) is 4.85. The second-order valence-electron chi connectivity index (χ2n) is 7.09. The molecule has 2 unspecified atom stereocenters. The SMILES string of the molecule is CC(C)CNC(=O)C1CN(C(=O)c2cccs2)CC1c1ccc(F)cc1. The van der Waals surface area contributed by atoms with E-state index in [0.29, 0.717) is 30.4 Å². The minimum atomic E-state index is -0.330. The third-order valence-corrected chi connectivity index (χ3v) is 5.52. The zero-order chi connectivity index (χ0) is 18.7. The molecule has 26 heavy (non-hydrogen) atoms. The number of hydrogen-bond donors (Lipinski definition) is 1. The molecule has 1 aliphatic rings. The molecule has 0 aliphatic carbocycles. The van der Waals surface area contributed by atoms with Crippen LogP contribution in [-0.2, 0) is 4.79 Å². The highest BCUT2D eigenvalue weighted by Gasteiger charge is 2.40.